The van der Waals surface area contributed by atoms with Crippen LogP contribution in [0.25, 0.3) is 11.0 Å². The molecule has 0 unspecified atom stereocenters. The number of nitrogens with one attached hydrogen (secondary N) is 1. The van der Waals surface area contributed by atoms with Crippen LogP contribution in [-0.2, 0) is 22.3 Å². The van der Waals surface area contributed by atoms with Gasteiger partial charge in [-0.2, -0.15) is 0 Å². The monoisotopic (exact) mass is 263 g/mol. The van der Waals surface area contributed by atoms with Gasteiger partial charge in [0.2, 0.25) is 5.88 Å². The number of hydrogen-bond donors (Lipinski definition) is 2. The number of aromatic hydroxyl groups is 1. The first-order valence-corrected chi connectivity index (χ1v) is 6.26. The van der Waals surface area contributed by atoms with Crippen LogP contribution in [0.3, 0.4) is 0 Å². The van der Waals surface area contributed by atoms with Gasteiger partial charge < -0.3 is 19.6 Å². The SMILES string of the molecule is COC[C@]1(OC)CCc2[nH]c3ncnc(O)c3c2C1. The molecule has 0 aliphatic heterocycles. The Morgan fingerprint density at radius 2 is 2.26 bits per heavy atom. The molecule has 0 aromatic carbocycles. The van der Waals surface area contributed by atoms with Crippen LogP contribution in [0.15, 0.2) is 6.33 Å². The highest BCUT2D eigenvalue weighted by atomic mass is 16.5. The zero-order chi connectivity index (χ0) is 13.5. The molecule has 0 spiro atoms. The average molecular weight is 263 g/mol. The van der Waals surface area contributed by atoms with E-state index in [0.717, 1.165) is 24.1 Å². The molecule has 2 heterocycles. The Hall–Kier alpha value is -1.66. The fourth-order valence-electron chi connectivity index (χ4n) is 2.91. The van der Waals surface area contributed by atoms with E-state index < -0.39 is 0 Å². The number of aromatic amines is 1. The first-order chi connectivity index (χ1) is 9.19. The molecule has 0 amide bonds. The zero-order valence-electron chi connectivity index (χ0n) is 11.1. The molecular weight excluding hydrogens is 246 g/mol. The molecule has 0 radical (unpaired) electrons. The molecule has 2 N–H and O–H groups in total. The maximum atomic E-state index is 9.95. The molecule has 6 nitrogen and oxygen atoms in total. The third kappa shape index (κ3) is 1.87. The second-order valence-electron chi connectivity index (χ2n) is 5.00. The van der Waals surface area contributed by atoms with E-state index in [2.05, 4.69) is 15.0 Å². The molecule has 0 saturated heterocycles. The quantitative estimate of drug-likeness (QED) is 0.869. The summed E-state index contributed by atoms with van der Waals surface area (Å²) in [6.45, 7) is 0.532. The van der Waals surface area contributed by atoms with Gasteiger partial charge in [-0.25, -0.2) is 9.97 Å². The molecule has 3 rings (SSSR count). The van der Waals surface area contributed by atoms with Crippen molar-refractivity contribution < 1.29 is 14.6 Å². The Morgan fingerprint density at radius 3 is 3.00 bits per heavy atom. The summed E-state index contributed by atoms with van der Waals surface area (Å²) in [6.07, 6.45) is 3.78. The van der Waals surface area contributed by atoms with Gasteiger partial charge in [0.25, 0.3) is 0 Å². The van der Waals surface area contributed by atoms with Crippen molar-refractivity contribution in [1.29, 1.82) is 0 Å². The van der Waals surface area contributed by atoms with Crippen molar-refractivity contribution >= 4 is 11.0 Å². The van der Waals surface area contributed by atoms with Gasteiger partial charge >= 0.3 is 0 Å². The van der Waals surface area contributed by atoms with Gasteiger partial charge in [-0.3, -0.25) is 0 Å². The fraction of sp³-hybridized carbons (Fsp3) is 0.538. The van der Waals surface area contributed by atoms with E-state index in [1.54, 1.807) is 14.2 Å². The molecule has 19 heavy (non-hydrogen) atoms. The third-order valence-electron chi connectivity index (χ3n) is 3.93. The molecule has 0 bridgehead atoms. The van der Waals surface area contributed by atoms with E-state index >= 15 is 0 Å². The summed E-state index contributed by atoms with van der Waals surface area (Å²) < 4.78 is 11.0. The fourth-order valence-corrected chi connectivity index (χ4v) is 2.91. The van der Waals surface area contributed by atoms with Crippen LogP contribution in [0.2, 0.25) is 0 Å². The van der Waals surface area contributed by atoms with Crippen LogP contribution in [0.5, 0.6) is 5.88 Å². The minimum absolute atomic E-state index is 0.0202. The summed E-state index contributed by atoms with van der Waals surface area (Å²) in [5.74, 6) is 0.0202. The van der Waals surface area contributed by atoms with Crippen LogP contribution in [-0.4, -0.2) is 46.5 Å². The van der Waals surface area contributed by atoms with Crippen molar-refractivity contribution in [2.75, 3.05) is 20.8 Å². The molecule has 6 heteroatoms. The third-order valence-corrected chi connectivity index (χ3v) is 3.93. The lowest BCUT2D eigenvalue weighted by atomic mass is 9.83. The van der Waals surface area contributed by atoms with Crippen molar-refractivity contribution in [1.82, 2.24) is 15.0 Å². The van der Waals surface area contributed by atoms with E-state index in [4.69, 9.17) is 9.47 Å². The Kier molecular flexibility index (Phi) is 2.91. The lowest BCUT2D eigenvalue weighted by molar-refractivity contribution is -0.0721. The first-order valence-electron chi connectivity index (χ1n) is 6.26. The summed E-state index contributed by atoms with van der Waals surface area (Å²) in [4.78, 5) is 11.3. The number of ether oxygens (including phenoxy) is 2. The van der Waals surface area contributed by atoms with Crippen LogP contribution < -0.4 is 0 Å². The lowest BCUT2D eigenvalue weighted by Crippen LogP contribution is -2.42. The van der Waals surface area contributed by atoms with E-state index in [1.165, 1.54) is 6.33 Å². The summed E-state index contributed by atoms with van der Waals surface area (Å²) in [7, 11) is 3.38. The largest absolute Gasteiger partial charge is 0.493 e. The van der Waals surface area contributed by atoms with Crippen LogP contribution in [0, 0.1) is 0 Å². The highest BCUT2D eigenvalue weighted by molar-refractivity contribution is 5.86. The molecule has 1 aliphatic carbocycles. The van der Waals surface area contributed by atoms with Crippen LogP contribution >= 0.6 is 0 Å². The summed E-state index contributed by atoms with van der Waals surface area (Å²) in [6, 6.07) is 0. The Morgan fingerprint density at radius 1 is 1.42 bits per heavy atom. The van der Waals surface area contributed by atoms with Crippen molar-refractivity contribution in [3.8, 4) is 5.88 Å². The summed E-state index contributed by atoms with van der Waals surface area (Å²) in [5, 5.41) is 10.6. The van der Waals surface area contributed by atoms with Gasteiger partial charge in [0.05, 0.1) is 17.6 Å². The predicted molar refractivity (Wildman–Crippen MR) is 69.2 cm³/mol. The maximum absolute atomic E-state index is 9.95. The van der Waals surface area contributed by atoms with Crippen molar-refractivity contribution in [2.45, 2.75) is 24.9 Å². The van der Waals surface area contributed by atoms with E-state index in [-0.39, 0.29) is 11.5 Å². The molecule has 0 fully saturated rings. The minimum Gasteiger partial charge on any atom is -0.493 e. The number of aryl methyl sites for hydroxylation is 1. The van der Waals surface area contributed by atoms with Gasteiger partial charge in [0, 0.05) is 26.3 Å². The lowest BCUT2D eigenvalue weighted by Gasteiger charge is -2.35. The number of aromatic nitrogens is 3. The van der Waals surface area contributed by atoms with Gasteiger partial charge in [-0.05, 0) is 18.4 Å². The molecular formula is C13H17N3O3. The Balaban J connectivity index is 2.10. The van der Waals surface area contributed by atoms with Crippen LogP contribution in [0.4, 0.5) is 0 Å². The maximum Gasteiger partial charge on any atom is 0.223 e. The number of fused-ring (bicyclic) bond motifs is 3. The molecule has 2 aromatic rings. The van der Waals surface area contributed by atoms with Crippen molar-refractivity contribution in [3.63, 3.8) is 0 Å². The average Bonchev–Trinajstić information content (AvgIpc) is 2.78. The van der Waals surface area contributed by atoms with E-state index in [9.17, 15) is 5.11 Å². The minimum atomic E-state index is -0.334. The standard InChI is InChI=1S/C13H17N3O3/c1-18-6-13(19-2)4-3-9-8(5-13)10-11(16-9)14-7-15-12(10)17/h7H,3-6H2,1-2H3,(H2,14,15,16,17)/t13-/m0/s1. The number of hydrogen-bond acceptors (Lipinski definition) is 5. The van der Waals surface area contributed by atoms with Crippen molar-refractivity contribution in [2.24, 2.45) is 0 Å². The Labute approximate surface area is 110 Å². The van der Waals surface area contributed by atoms with E-state index in [0.29, 0.717) is 24.1 Å². The molecule has 1 atom stereocenters. The smallest absolute Gasteiger partial charge is 0.223 e. The molecule has 102 valence electrons. The summed E-state index contributed by atoms with van der Waals surface area (Å²) >= 11 is 0. The number of H-pyrrole nitrogens is 1. The summed E-state index contributed by atoms with van der Waals surface area (Å²) in [5.41, 5.74) is 2.49. The van der Waals surface area contributed by atoms with Gasteiger partial charge in [-0.1, -0.05) is 0 Å². The molecule has 1 aliphatic rings. The highest BCUT2D eigenvalue weighted by Gasteiger charge is 2.37. The zero-order valence-corrected chi connectivity index (χ0v) is 11.1. The van der Waals surface area contributed by atoms with Gasteiger partial charge in [0.1, 0.15) is 12.0 Å². The predicted octanol–water partition coefficient (Wildman–Crippen LogP) is 1.18. The topological polar surface area (TPSA) is 80.3 Å². The second-order valence-corrected chi connectivity index (χ2v) is 5.00. The van der Waals surface area contributed by atoms with Gasteiger partial charge in [-0.15, -0.1) is 0 Å². The first kappa shape index (κ1) is 12.4. The molecule has 0 saturated carbocycles. The number of methoxy groups -OCH3 is 2. The van der Waals surface area contributed by atoms with Crippen LogP contribution in [0.1, 0.15) is 17.7 Å². The van der Waals surface area contributed by atoms with E-state index in [1.807, 2.05) is 0 Å². The molecule has 2 aromatic heterocycles. The van der Waals surface area contributed by atoms with Gasteiger partial charge in [0.15, 0.2) is 0 Å². The van der Waals surface area contributed by atoms with Crippen molar-refractivity contribution in [3.05, 3.63) is 17.6 Å². The number of rotatable bonds is 3. The Bertz CT molecular complexity index is 610. The second kappa shape index (κ2) is 4.47. The normalized spacial score (nSPS) is 22.6. The highest BCUT2D eigenvalue weighted by Crippen LogP contribution is 2.37. The number of nitrogens with zero attached hydrogens (tertiary/aromatic N) is 2.